The van der Waals surface area contributed by atoms with Gasteiger partial charge in [-0.3, -0.25) is 4.79 Å². The summed E-state index contributed by atoms with van der Waals surface area (Å²) in [7, 11) is 1.73. The van der Waals surface area contributed by atoms with Crippen LogP contribution in [0.15, 0.2) is 30.0 Å². The number of aliphatic carboxylic acids is 1. The monoisotopic (exact) mass is 368 g/mol. The second-order valence-corrected chi connectivity index (χ2v) is 6.43. The molecule has 1 saturated heterocycles. The van der Waals surface area contributed by atoms with Crippen molar-refractivity contribution in [1.29, 1.82) is 0 Å². The van der Waals surface area contributed by atoms with E-state index in [1.807, 2.05) is 0 Å². The minimum absolute atomic E-state index is 0. The van der Waals surface area contributed by atoms with Gasteiger partial charge in [0, 0.05) is 12.6 Å². The van der Waals surface area contributed by atoms with Crippen LogP contribution >= 0.6 is 12.2 Å². The third-order valence-electron chi connectivity index (χ3n) is 4.64. The van der Waals surface area contributed by atoms with Gasteiger partial charge in [0.2, 0.25) is 5.91 Å². The van der Waals surface area contributed by atoms with Gasteiger partial charge in [0.1, 0.15) is 4.99 Å². The second kappa shape index (κ2) is 7.55. The first kappa shape index (κ1) is 20.1. The summed E-state index contributed by atoms with van der Waals surface area (Å²) in [6.07, 6.45) is -0.419. The fourth-order valence-corrected chi connectivity index (χ4v) is 3.62. The Hall–Kier alpha value is -1.25. The van der Waals surface area contributed by atoms with Crippen molar-refractivity contribution in [2.75, 3.05) is 7.05 Å². The molecule has 2 heterocycles. The number of aliphatic hydroxyl groups excluding tert-OH is 1. The zero-order valence-corrected chi connectivity index (χ0v) is 17.1. The summed E-state index contributed by atoms with van der Waals surface area (Å²) in [5, 5.41) is 24.2. The molecule has 0 unspecified atom stereocenters. The molecule has 25 heavy (non-hydrogen) atoms. The number of benzene rings is 1. The van der Waals surface area contributed by atoms with Crippen LogP contribution in [0.3, 0.4) is 0 Å². The topological polar surface area (TPSA) is 92.7 Å². The number of aliphatic hydroxyl groups is 1. The Morgan fingerprint density at radius 2 is 2.00 bits per heavy atom. The largest absolute Gasteiger partial charge is 1.00 e. The minimum atomic E-state index is -1.38. The molecule has 8 heteroatoms. The molecule has 0 aromatic heterocycles. The summed E-state index contributed by atoms with van der Waals surface area (Å²) in [5.74, 6) is -2.30. The standard InChI is InChI=1S/C17H18N2O4S.Na/c1-8(20)13-12-7-11(14(17(22)23)19(12)16(13)21)9-3-5-10(6-4-9)15(24)18-2;/h3-6,8,12-13,20H,7H2,1-2H3,(H,18,24)(H,22,23);/q;+1/p-1/t8-,12-,13-;/m1./s1. The maximum absolute atomic E-state index is 12.2. The van der Waals surface area contributed by atoms with Crippen molar-refractivity contribution in [2.24, 2.45) is 5.92 Å². The van der Waals surface area contributed by atoms with Crippen LogP contribution in [0, 0.1) is 5.92 Å². The van der Waals surface area contributed by atoms with Gasteiger partial charge in [-0.1, -0.05) is 36.5 Å². The number of hydrogen-bond acceptors (Lipinski definition) is 5. The van der Waals surface area contributed by atoms with E-state index >= 15 is 0 Å². The number of carboxylic acids is 1. The smallest absolute Gasteiger partial charge is 0.543 e. The molecule has 0 radical (unpaired) electrons. The van der Waals surface area contributed by atoms with Crippen molar-refractivity contribution >= 4 is 34.7 Å². The number of carboxylic acid groups (broad SMARTS) is 1. The van der Waals surface area contributed by atoms with E-state index in [1.165, 1.54) is 4.90 Å². The number of nitrogens with one attached hydrogen (secondary N) is 1. The number of thiocarbonyl (C=S) groups is 1. The molecule has 0 spiro atoms. The molecule has 2 N–H and O–H groups in total. The molecule has 126 valence electrons. The fourth-order valence-electron chi connectivity index (χ4n) is 3.48. The number of rotatable bonds is 4. The van der Waals surface area contributed by atoms with Crippen LogP contribution in [-0.4, -0.2) is 46.1 Å². The summed E-state index contributed by atoms with van der Waals surface area (Å²) >= 11 is 5.16. The zero-order chi connectivity index (χ0) is 17.6. The second-order valence-electron chi connectivity index (χ2n) is 6.02. The summed E-state index contributed by atoms with van der Waals surface area (Å²) < 4.78 is 0. The molecular formula is C17H17N2NaO4S. The number of β-lactam (4-membered cyclic amide) rings is 1. The average Bonchev–Trinajstić information content (AvgIpc) is 2.89. The number of nitrogens with zero attached hydrogens (tertiary/aromatic N) is 1. The summed E-state index contributed by atoms with van der Waals surface area (Å²) in [5.41, 5.74) is 2.00. The number of amides is 1. The Labute approximate surface area is 173 Å². The van der Waals surface area contributed by atoms with Crippen LogP contribution in [0.5, 0.6) is 0 Å². The van der Waals surface area contributed by atoms with Gasteiger partial charge in [-0.05, 0) is 24.5 Å². The first-order valence-corrected chi connectivity index (χ1v) is 8.05. The normalized spacial score (nSPS) is 22.7. The number of hydrogen-bond donors (Lipinski definition) is 2. The predicted octanol–water partition coefficient (Wildman–Crippen LogP) is -3.34. The Kier molecular flexibility index (Phi) is 6.06. The maximum Gasteiger partial charge on any atom is 1.00 e. The Morgan fingerprint density at radius 1 is 1.40 bits per heavy atom. The molecule has 0 aliphatic carbocycles. The van der Waals surface area contributed by atoms with E-state index in [-0.39, 0.29) is 47.2 Å². The molecule has 3 atom stereocenters. The van der Waals surface area contributed by atoms with Crippen LogP contribution in [0.4, 0.5) is 0 Å². The van der Waals surface area contributed by atoms with Gasteiger partial charge in [-0.15, -0.1) is 0 Å². The van der Waals surface area contributed by atoms with E-state index in [1.54, 1.807) is 38.2 Å². The fraction of sp³-hybridized carbons (Fsp3) is 0.353. The van der Waals surface area contributed by atoms with E-state index in [9.17, 15) is 19.8 Å². The first-order valence-electron chi connectivity index (χ1n) is 7.65. The summed E-state index contributed by atoms with van der Waals surface area (Å²) in [6.45, 7) is 1.55. The van der Waals surface area contributed by atoms with Crippen LogP contribution in [0.25, 0.3) is 5.57 Å². The van der Waals surface area contributed by atoms with Crippen molar-refractivity contribution in [3.05, 3.63) is 41.1 Å². The van der Waals surface area contributed by atoms with Gasteiger partial charge in [0.05, 0.1) is 29.7 Å². The van der Waals surface area contributed by atoms with Crippen LogP contribution < -0.4 is 40.0 Å². The molecular weight excluding hydrogens is 351 g/mol. The SMILES string of the molecule is CNC(=S)c1ccc(C2=C(C(=O)[O-])N3C(=O)[C@H]([C@@H](C)O)[C@H]3C2)cc1.[Na+]. The molecule has 3 rings (SSSR count). The van der Waals surface area contributed by atoms with E-state index in [0.29, 0.717) is 22.5 Å². The van der Waals surface area contributed by atoms with Crippen molar-refractivity contribution < 1.29 is 49.4 Å². The van der Waals surface area contributed by atoms with Crippen LogP contribution in [-0.2, 0) is 9.59 Å². The van der Waals surface area contributed by atoms with Crippen LogP contribution in [0.1, 0.15) is 24.5 Å². The van der Waals surface area contributed by atoms with Crippen molar-refractivity contribution in [3.63, 3.8) is 0 Å². The Balaban J connectivity index is 0.00000225. The molecule has 6 nitrogen and oxygen atoms in total. The molecule has 2 aliphatic heterocycles. The molecule has 0 bridgehead atoms. The number of fused-ring (bicyclic) bond motifs is 1. The summed E-state index contributed by atoms with van der Waals surface area (Å²) in [4.78, 5) is 25.6. The zero-order valence-electron chi connectivity index (χ0n) is 14.3. The Bertz CT molecular complexity index is 760. The molecule has 1 amide bonds. The number of carbonyl (C=O) groups is 2. The molecule has 1 aromatic carbocycles. The van der Waals surface area contributed by atoms with Crippen molar-refractivity contribution in [3.8, 4) is 0 Å². The molecule has 1 aromatic rings. The van der Waals surface area contributed by atoms with Gasteiger partial charge in [-0.2, -0.15) is 0 Å². The quantitative estimate of drug-likeness (QED) is 0.328. The Morgan fingerprint density at radius 3 is 2.48 bits per heavy atom. The van der Waals surface area contributed by atoms with E-state index in [0.717, 1.165) is 5.56 Å². The molecule has 1 fully saturated rings. The molecule has 2 aliphatic rings. The van der Waals surface area contributed by atoms with Crippen LogP contribution in [0.2, 0.25) is 0 Å². The van der Waals surface area contributed by atoms with E-state index in [2.05, 4.69) is 5.32 Å². The van der Waals surface area contributed by atoms with Gasteiger partial charge in [0.25, 0.3) is 0 Å². The van der Waals surface area contributed by atoms with Gasteiger partial charge >= 0.3 is 29.6 Å². The minimum Gasteiger partial charge on any atom is -0.543 e. The van der Waals surface area contributed by atoms with Crippen molar-refractivity contribution in [1.82, 2.24) is 10.2 Å². The van der Waals surface area contributed by atoms with Gasteiger partial charge in [-0.25, -0.2) is 0 Å². The predicted molar refractivity (Wildman–Crippen MR) is 89.6 cm³/mol. The van der Waals surface area contributed by atoms with Crippen molar-refractivity contribution in [2.45, 2.75) is 25.5 Å². The molecule has 0 saturated carbocycles. The summed E-state index contributed by atoms with van der Waals surface area (Å²) in [6, 6.07) is 6.85. The van der Waals surface area contributed by atoms with Gasteiger partial charge < -0.3 is 25.2 Å². The average molecular weight is 368 g/mol. The van der Waals surface area contributed by atoms with E-state index in [4.69, 9.17) is 12.2 Å². The number of carbonyl (C=O) groups excluding carboxylic acids is 2. The maximum atomic E-state index is 12.2. The first-order chi connectivity index (χ1) is 11.4. The third kappa shape index (κ3) is 3.27. The van der Waals surface area contributed by atoms with Gasteiger partial charge in [0.15, 0.2) is 0 Å². The van der Waals surface area contributed by atoms with E-state index < -0.39 is 18.0 Å². The third-order valence-corrected chi connectivity index (χ3v) is 5.08.